The SMILES string of the molecule is COc1ccc(CN(C(=O)CSCc2nc3ccccc3s2)C2CC2)cc1. The maximum Gasteiger partial charge on any atom is 0.233 e. The van der Waals surface area contributed by atoms with E-state index in [1.165, 1.54) is 4.70 Å². The molecule has 27 heavy (non-hydrogen) atoms. The van der Waals surface area contributed by atoms with Crippen LogP contribution in [0.5, 0.6) is 5.75 Å². The predicted molar refractivity (Wildman–Crippen MR) is 112 cm³/mol. The third-order valence-electron chi connectivity index (χ3n) is 4.61. The molecule has 1 aliphatic carbocycles. The molecular formula is C21H22N2O2S2. The van der Waals surface area contributed by atoms with Crippen LogP contribution in [0.1, 0.15) is 23.4 Å². The number of carbonyl (C=O) groups excluding carboxylic acids is 1. The number of benzene rings is 2. The highest BCUT2D eigenvalue weighted by Gasteiger charge is 2.32. The average Bonchev–Trinajstić information content (AvgIpc) is 3.45. The van der Waals surface area contributed by atoms with Crippen molar-refractivity contribution in [1.29, 1.82) is 0 Å². The second-order valence-electron chi connectivity index (χ2n) is 6.67. The predicted octanol–water partition coefficient (Wildman–Crippen LogP) is 4.73. The van der Waals surface area contributed by atoms with Gasteiger partial charge in [0.2, 0.25) is 5.91 Å². The lowest BCUT2D eigenvalue weighted by molar-refractivity contribution is -0.129. The van der Waals surface area contributed by atoms with Gasteiger partial charge in [-0.2, -0.15) is 0 Å². The Bertz CT molecular complexity index is 886. The minimum atomic E-state index is 0.222. The van der Waals surface area contributed by atoms with Crippen molar-refractivity contribution in [3.63, 3.8) is 0 Å². The van der Waals surface area contributed by atoms with Crippen LogP contribution in [0, 0.1) is 0 Å². The number of methoxy groups -OCH3 is 1. The molecule has 3 aromatic rings. The van der Waals surface area contributed by atoms with E-state index >= 15 is 0 Å². The number of rotatable bonds is 8. The molecular weight excluding hydrogens is 376 g/mol. The van der Waals surface area contributed by atoms with Crippen LogP contribution in [0.15, 0.2) is 48.5 Å². The summed E-state index contributed by atoms with van der Waals surface area (Å²) in [4.78, 5) is 19.5. The topological polar surface area (TPSA) is 42.4 Å². The Kier molecular flexibility index (Phi) is 5.64. The van der Waals surface area contributed by atoms with E-state index in [-0.39, 0.29) is 5.91 Å². The number of nitrogens with zero attached hydrogens (tertiary/aromatic N) is 2. The van der Waals surface area contributed by atoms with Gasteiger partial charge in [0.1, 0.15) is 10.8 Å². The number of carbonyl (C=O) groups is 1. The normalized spacial score (nSPS) is 13.7. The fourth-order valence-electron chi connectivity index (χ4n) is 3.02. The molecule has 1 fully saturated rings. The zero-order chi connectivity index (χ0) is 18.6. The lowest BCUT2D eigenvalue weighted by Crippen LogP contribution is -2.34. The van der Waals surface area contributed by atoms with Crippen LogP contribution in [0.2, 0.25) is 0 Å². The van der Waals surface area contributed by atoms with Crippen molar-refractivity contribution in [3.8, 4) is 5.75 Å². The number of fused-ring (bicyclic) bond motifs is 1. The number of ether oxygens (including phenoxy) is 1. The summed E-state index contributed by atoms with van der Waals surface area (Å²) in [5, 5.41) is 1.09. The molecule has 2 aromatic carbocycles. The molecule has 140 valence electrons. The average molecular weight is 399 g/mol. The van der Waals surface area contributed by atoms with Crippen molar-refractivity contribution in [2.75, 3.05) is 12.9 Å². The molecule has 6 heteroatoms. The molecule has 0 unspecified atom stereocenters. The quantitative estimate of drug-likeness (QED) is 0.550. The number of amides is 1. The minimum absolute atomic E-state index is 0.222. The second kappa shape index (κ2) is 8.31. The van der Waals surface area contributed by atoms with Crippen LogP contribution < -0.4 is 4.74 Å². The number of para-hydroxylation sites is 1. The molecule has 4 nitrogen and oxygen atoms in total. The summed E-state index contributed by atoms with van der Waals surface area (Å²) in [5.41, 5.74) is 2.19. The van der Waals surface area contributed by atoms with Gasteiger partial charge in [-0.05, 0) is 42.7 Å². The van der Waals surface area contributed by atoms with Crippen LogP contribution in [0.25, 0.3) is 10.2 Å². The van der Waals surface area contributed by atoms with Gasteiger partial charge in [-0.25, -0.2) is 4.98 Å². The van der Waals surface area contributed by atoms with Crippen LogP contribution in [0.3, 0.4) is 0 Å². The van der Waals surface area contributed by atoms with Crippen molar-refractivity contribution in [2.24, 2.45) is 0 Å². The summed E-state index contributed by atoms with van der Waals surface area (Å²) < 4.78 is 6.42. The van der Waals surface area contributed by atoms with Crippen LogP contribution in [-0.2, 0) is 17.1 Å². The summed E-state index contributed by atoms with van der Waals surface area (Å²) in [5.74, 6) is 2.35. The molecule has 1 saturated carbocycles. The van der Waals surface area contributed by atoms with E-state index in [1.807, 2.05) is 47.4 Å². The van der Waals surface area contributed by atoms with E-state index in [0.29, 0.717) is 18.3 Å². The highest BCUT2D eigenvalue weighted by Crippen LogP contribution is 2.30. The van der Waals surface area contributed by atoms with E-state index in [2.05, 4.69) is 11.1 Å². The van der Waals surface area contributed by atoms with Crippen LogP contribution >= 0.6 is 23.1 Å². The van der Waals surface area contributed by atoms with Crippen molar-refractivity contribution >= 4 is 39.2 Å². The molecule has 1 heterocycles. The Morgan fingerprint density at radius 3 is 2.70 bits per heavy atom. The van der Waals surface area contributed by atoms with Gasteiger partial charge >= 0.3 is 0 Å². The van der Waals surface area contributed by atoms with Crippen LogP contribution in [0.4, 0.5) is 0 Å². The molecule has 0 bridgehead atoms. The first-order valence-corrected chi connectivity index (χ1v) is 11.0. The molecule has 1 amide bonds. The van der Waals surface area contributed by atoms with Crippen molar-refractivity contribution in [1.82, 2.24) is 9.88 Å². The van der Waals surface area contributed by atoms with Crippen LogP contribution in [-0.4, -0.2) is 34.7 Å². The number of hydrogen-bond donors (Lipinski definition) is 0. The maximum atomic E-state index is 12.8. The summed E-state index contributed by atoms with van der Waals surface area (Å²) in [6.45, 7) is 0.676. The second-order valence-corrected chi connectivity index (χ2v) is 8.77. The van der Waals surface area contributed by atoms with E-state index in [0.717, 1.165) is 40.4 Å². The van der Waals surface area contributed by atoms with Crippen molar-refractivity contribution < 1.29 is 9.53 Å². The molecule has 1 aromatic heterocycles. The van der Waals surface area contributed by atoms with E-state index in [4.69, 9.17) is 4.74 Å². The monoisotopic (exact) mass is 398 g/mol. The molecule has 4 rings (SSSR count). The van der Waals surface area contributed by atoms with Gasteiger partial charge in [-0.15, -0.1) is 23.1 Å². The first-order valence-electron chi connectivity index (χ1n) is 9.07. The number of aromatic nitrogens is 1. The maximum absolute atomic E-state index is 12.8. The van der Waals surface area contributed by atoms with Gasteiger partial charge in [0.15, 0.2) is 0 Å². The zero-order valence-corrected chi connectivity index (χ0v) is 16.9. The standard InChI is InChI=1S/C21H22N2O2S2/c1-25-17-10-6-15(7-11-17)12-23(16-8-9-16)21(24)14-26-13-20-22-18-4-2-3-5-19(18)27-20/h2-7,10-11,16H,8-9,12-14H2,1H3. The summed E-state index contributed by atoms with van der Waals surface area (Å²) >= 11 is 3.37. The lowest BCUT2D eigenvalue weighted by atomic mass is 10.2. The van der Waals surface area contributed by atoms with E-state index in [1.54, 1.807) is 30.2 Å². The molecule has 1 aliphatic rings. The zero-order valence-electron chi connectivity index (χ0n) is 15.3. The van der Waals surface area contributed by atoms with Gasteiger partial charge in [0.25, 0.3) is 0 Å². The Morgan fingerprint density at radius 2 is 2.00 bits per heavy atom. The van der Waals surface area contributed by atoms with Gasteiger partial charge in [0, 0.05) is 18.3 Å². The number of hydrogen-bond acceptors (Lipinski definition) is 5. The van der Waals surface area contributed by atoms with Gasteiger partial charge in [0.05, 0.1) is 23.1 Å². The molecule has 0 saturated heterocycles. The van der Waals surface area contributed by atoms with Gasteiger partial charge < -0.3 is 9.64 Å². The van der Waals surface area contributed by atoms with E-state index < -0.39 is 0 Å². The summed E-state index contributed by atoms with van der Waals surface area (Å²) in [6.07, 6.45) is 2.23. The number of thiazole rings is 1. The highest BCUT2D eigenvalue weighted by molar-refractivity contribution is 7.99. The summed E-state index contributed by atoms with van der Waals surface area (Å²) in [7, 11) is 1.66. The Hall–Kier alpha value is -2.05. The fraction of sp³-hybridized carbons (Fsp3) is 0.333. The third-order valence-corrected chi connectivity index (χ3v) is 6.76. The molecule has 0 N–H and O–H groups in total. The third kappa shape index (κ3) is 4.62. The van der Waals surface area contributed by atoms with Crippen molar-refractivity contribution in [2.45, 2.75) is 31.2 Å². The Labute approximate surface area is 167 Å². The fourth-order valence-corrected chi connectivity index (χ4v) is 4.96. The first-order chi connectivity index (χ1) is 13.2. The molecule has 0 spiro atoms. The smallest absolute Gasteiger partial charge is 0.233 e. The molecule has 0 atom stereocenters. The van der Waals surface area contributed by atoms with Gasteiger partial charge in [-0.1, -0.05) is 24.3 Å². The van der Waals surface area contributed by atoms with Gasteiger partial charge in [-0.3, -0.25) is 4.79 Å². The first kappa shape index (κ1) is 18.3. The van der Waals surface area contributed by atoms with E-state index in [9.17, 15) is 4.79 Å². The van der Waals surface area contributed by atoms with Crippen molar-refractivity contribution in [3.05, 3.63) is 59.1 Å². The lowest BCUT2D eigenvalue weighted by Gasteiger charge is -2.22. The highest BCUT2D eigenvalue weighted by atomic mass is 32.2. The Balaban J connectivity index is 1.33. The summed E-state index contributed by atoms with van der Waals surface area (Å²) in [6, 6.07) is 16.6. The number of thioether (sulfide) groups is 1. The molecule has 0 aliphatic heterocycles. The molecule has 0 radical (unpaired) electrons. The largest absolute Gasteiger partial charge is 0.497 e. The minimum Gasteiger partial charge on any atom is -0.497 e. The Morgan fingerprint density at radius 1 is 1.22 bits per heavy atom.